The number of nitrogens with zero attached hydrogens (tertiary/aromatic N) is 2. The molecule has 0 amide bonds. The molecule has 0 saturated carbocycles. The van der Waals surface area contributed by atoms with Crippen LogP contribution in [0.4, 0.5) is 10.1 Å². The fourth-order valence-electron chi connectivity index (χ4n) is 3.41. The van der Waals surface area contributed by atoms with Gasteiger partial charge in [0.15, 0.2) is 0 Å². The van der Waals surface area contributed by atoms with E-state index in [1.54, 1.807) is 28.7 Å². The van der Waals surface area contributed by atoms with E-state index < -0.39 is 0 Å². The van der Waals surface area contributed by atoms with Crippen molar-refractivity contribution in [2.75, 3.05) is 18.0 Å². The predicted octanol–water partition coefficient (Wildman–Crippen LogP) is 5.02. The van der Waals surface area contributed by atoms with Gasteiger partial charge in [0.1, 0.15) is 10.8 Å². The average molecular weight is 388 g/mol. The molecule has 0 aliphatic carbocycles. The second-order valence-corrected chi connectivity index (χ2v) is 8.33. The van der Waals surface area contributed by atoms with E-state index in [-0.39, 0.29) is 11.9 Å². The Morgan fingerprint density at radius 1 is 1.15 bits per heavy atom. The number of hydrogen-bond donors (Lipinski definition) is 1. The van der Waals surface area contributed by atoms with Crippen molar-refractivity contribution in [3.63, 3.8) is 0 Å². The Bertz CT molecular complexity index is 812. The van der Waals surface area contributed by atoms with Gasteiger partial charge >= 0.3 is 0 Å². The first-order valence-electron chi connectivity index (χ1n) is 8.97. The molecule has 1 aliphatic heterocycles. The summed E-state index contributed by atoms with van der Waals surface area (Å²) in [6.07, 6.45) is 5.04. The summed E-state index contributed by atoms with van der Waals surface area (Å²) < 4.78 is 14.5. The molecule has 3 aromatic rings. The number of anilines is 1. The largest absolute Gasteiger partial charge is 0.369 e. The number of thiophene rings is 1. The molecule has 26 heavy (non-hydrogen) atoms. The molecular formula is C20H22FN3S2. The molecular weight excluding hydrogens is 365 g/mol. The van der Waals surface area contributed by atoms with E-state index >= 15 is 0 Å². The van der Waals surface area contributed by atoms with E-state index in [1.165, 1.54) is 5.56 Å². The zero-order valence-corrected chi connectivity index (χ0v) is 16.2. The Morgan fingerprint density at radius 3 is 2.73 bits per heavy atom. The molecule has 3 nitrogen and oxygen atoms in total. The van der Waals surface area contributed by atoms with Crippen LogP contribution in [0, 0.1) is 5.82 Å². The summed E-state index contributed by atoms with van der Waals surface area (Å²) >= 11 is 3.37. The van der Waals surface area contributed by atoms with E-state index in [9.17, 15) is 4.39 Å². The highest BCUT2D eigenvalue weighted by atomic mass is 32.1. The summed E-state index contributed by atoms with van der Waals surface area (Å²) in [5.41, 5.74) is 3.01. The molecule has 1 atom stereocenters. The minimum absolute atomic E-state index is 0.116. The second kappa shape index (κ2) is 8.29. The molecule has 1 aromatic carbocycles. The summed E-state index contributed by atoms with van der Waals surface area (Å²) in [6, 6.07) is 7.93. The van der Waals surface area contributed by atoms with Crippen LogP contribution in [0.1, 0.15) is 35.0 Å². The van der Waals surface area contributed by atoms with Crippen molar-refractivity contribution in [1.29, 1.82) is 0 Å². The van der Waals surface area contributed by atoms with Gasteiger partial charge in [0, 0.05) is 31.2 Å². The topological polar surface area (TPSA) is 28.2 Å². The van der Waals surface area contributed by atoms with Gasteiger partial charge in [-0.25, -0.2) is 9.37 Å². The second-order valence-electron chi connectivity index (χ2n) is 6.62. The van der Waals surface area contributed by atoms with Crippen LogP contribution in [0.2, 0.25) is 0 Å². The molecule has 1 fully saturated rings. The molecule has 4 rings (SSSR count). The first-order chi connectivity index (χ1) is 12.8. The third-order valence-corrected chi connectivity index (χ3v) is 6.40. The molecule has 1 N–H and O–H groups in total. The van der Waals surface area contributed by atoms with Gasteiger partial charge in [-0.15, -0.1) is 11.3 Å². The third kappa shape index (κ3) is 4.14. The lowest BCUT2D eigenvalue weighted by Crippen LogP contribution is -2.23. The zero-order chi connectivity index (χ0) is 17.8. The Hall–Kier alpha value is -1.76. The monoisotopic (exact) mass is 387 g/mol. The molecule has 1 aliphatic rings. The van der Waals surface area contributed by atoms with Crippen LogP contribution >= 0.6 is 22.7 Å². The summed E-state index contributed by atoms with van der Waals surface area (Å²) in [5.74, 6) is -0.116. The molecule has 0 spiro atoms. The maximum Gasteiger partial charge on any atom is 0.146 e. The maximum absolute atomic E-state index is 14.5. The van der Waals surface area contributed by atoms with Crippen molar-refractivity contribution < 1.29 is 4.39 Å². The van der Waals surface area contributed by atoms with Gasteiger partial charge in [0.2, 0.25) is 0 Å². The van der Waals surface area contributed by atoms with E-state index in [0.717, 1.165) is 48.6 Å². The number of hydrogen-bond acceptors (Lipinski definition) is 5. The zero-order valence-electron chi connectivity index (χ0n) is 14.5. The van der Waals surface area contributed by atoms with Crippen LogP contribution in [0.15, 0.2) is 46.6 Å². The van der Waals surface area contributed by atoms with Crippen molar-refractivity contribution in [1.82, 2.24) is 10.3 Å². The Morgan fingerprint density at radius 2 is 2.04 bits per heavy atom. The van der Waals surface area contributed by atoms with E-state index in [4.69, 9.17) is 0 Å². The Labute approximate surface area is 161 Å². The van der Waals surface area contributed by atoms with Gasteiger partial charge in [-0.1, -0.05) is 6.07 Å². The molecule has 6 heteroatoms. The predicted molar refractivity (Wildman–Crippen MR) is 108 cm³/mol. The normalized spacial score (nSPS) is 15.5. The highest BCUT2D eigenvalue weighted by molar-refractivity contribution is 7.09. The summed E-state index contributed by atoms with van der Waals surface area (Å²) in [5, 5.41) is 10.9. The molecule has 2 aromatic heterocycles. The first-order valence-corrected chi connectivity index (χ1v) is 10.8. The van der Waals surface area contributed by atoms with Crippen LogP contribution in [-0.2, 0) is 13.0 Å². The van der Waals surface area contributed by atoms with Crippen LogP contribution < -0.4 is 10.2 Å². The molecule has 0 bridgehead atoms. The number of aromatic nitrogens is 1. The SMILES string of the molecule is Fc1cc(CNC(Cc2ccsc2)c2nccs2)ccc1N1CCCC1. The van der Waals surface area contributed by atoms with Crippen molar-refractivity contribution in [3.05, 3.63) is 68.6 Å². The van der Waals surface area contributed by atoms with Crippen LogP contribution in [0.3, 0.4) is 0 Å². The number of nitrogens with one attached hydrogen (secondary N) is 1. The van der Waals surface area contributed by atoms with E-state index in [0.29, 0.717) is 6.54 Å². The highest BCUT2D eigenvalue weighted by Crippen LogP contribution is 2.26. The summed E-state index contributed by atoms with van der Waals surface area (Å²) in [4.78, 5) is 6.61. The van der Waals surface area contributed by atoms with Crippen LogP contribution in [0.25, 0.3) is 0 Å². The van der Waals surface area contributed by atoms with Gasteiger partial charge < -0.3 is 10.2 Å². The minimum Gasteiger partial charge on any atom is -0.369 e. The lowest BCUT2D eigenvalue weighted by molar-refractivity contribution is 0.526. The quantitative estimate of drug-likeness (QED) is 0.617. The van der Waals surface area contributed by atoms with Gasteiger partial charge in [-0.2, -0.15) is 11.3 Å². The average Bonchev–Trinajstić information content (AvgIpc) is 3.42. The van der Waals surface area contributed by atoms with Gasteiger partial charge in [-0.05, 0) is 59.3 Å². The molecule has 3 heterocycles. The summed E-state index contributed by atoms with van der Waals surface area (Å²) in [6.45, 7) is 2.55. The smallest absolute Gasteiger partial charge is 0.146 e. The molecule has 0 radical (unpaired) electrons. The fraction of sp³-hybridized carbons (Fsp3) is 0.350. The number of halogens is 1. The lowest BCUT2D eigenvalue weighted by Gasteiger charge is -2.20. The fourth-order valence-corrected chi connectivity index (χ4v) is 4.81. The number of rotatable bonds is 7. The van der Waals surface area contributed by atoms with Gasteiger partial charge in [0.05, 0.1) is 11.7 Å². The number of benzene rings is 1. The van der Waals surface area contributed by atoms with Crippen molar-refractivity contribution in [2.24, 2.45) is 0 Å². The minimum atomic E-state index is -0.116. The van der Waals surface area contributed by atoms with Crippen molar-refractivity contribution >= 4 is 28.4 Å². The van der Waals surface area contributed by atoms with E-state index in [1.807, 2.05) is 23.7 Å². The van der Waals surface area contributed by atoms with Crippen LogP contribution in [-0.4, -0.2) is 18.1 Å². The number of thiazole rings is 1. The van der Waals surface area contributed by atoms with E-state index in [2.05, 4.69) is 32.0 Å². The lowest BCUT2D eigenvalue weighted by atomic mass is 10.1. The van der Waals surface area contributed by atoms with Crippen molar-refractivity contribution in [3.8, 4) is 0 Å². The molecule has 1 unspecified atom stereocenters. The first kappa shape index (κ1) is 17.6. The van der Waals surface area contributed by atoms with Crippen LogP contribution in [0.5, 0.6) is 0 Å². The summed E-state index contributed by atoms with van der Waals surface area (Å²) in [7, 11) is 0. The van der Waals surface area contributed by atoms with Crippen molar-refractivity contribution in [2.45, 2.75) is 31.8 Å². The third-order valence-electron chi connectivity index (χ3n) is 4.78. The standard InChI is InChI=1S/C20H22FN3S2/c21-17-11-15(3-4-19(17)24-7-1-2-8-24)13-23-18(20-22-6-10-26-20)12-16-5-9-25-14-16/h3-6,9-11,14,18,23H,1-2,7-8,12-13H2. The Kier molecular flexibility index (Phi) is 5.62. The highest BCUT2D eigenvalue weighted by Gasteiger charge is 2.18. The Balaban J connectivity index is 1.44. The molecule has 1 saturated heterocycles. The van der Waals surface area contributed by atoms with Gasteiger partial charge in [-0.3, -0.25) is 0 Å². The maximum atomic E-state index is 14.5. The molecule has 136 valence electrons. The van der Waals surface area contributed by atoms with Gasteiger partial charge in [0.25, 0.3) is 0 Å².